The van der Waals surface area contributed by atoms with Gasteiger partial charge in [0.15, 0.2) is 0 Å². The molecule has 0 unspecified atom stereocenters. The summed E-state index contributed by atoms with van der Waals surface area (Å²) in [6.45, 7) is 3.06. The molecule has 25 heavy (non-hydrogen) atoms. The third-order valence-electron chi connectivity index (χ3n) is 3.64. The molecular formula is C18H18Cl2N2O3. The molecule has 2 rings (SSSR count). The number of hydrogen-bond donors (Lipinski definition) is 2. The van der Waals surface area contributed by atoms with Gasteiger partial charge in [-0.3, -0.25) is 9.59 Å². The molecule has 0 aliphatic heterocycles. The zero-order valence-electron chi connectivity index (χ0n) is 14.0. The highest BCUT2D eigenvalue weighted by Gasteiger charge is 2.36. The number of anilines is 2. The summed E-state index contributed by atoms with van der Waals surface area (Å²) in [5.41, 5.74) is -0.403. The molecule has 2 aromatic rings. The first kappa shape index (κ1) is 19.1. The lowest BCUT2D eigenvalue weighted by atomic mass is 9.90. The van der Waals surface area contributed by atoms with Gasteiger partial charge in [0.25, 0.3) is 0 Å². The fraction of sp³-hybridized carbons (Fsp3) is 0.222. The van der Waals surface area contributed by atoms with Crippen LogP contribution in [0.2, 0.25) is 10.0 Å². The molecule has 0 saturated carbocycles. The molecule has 0 aromatic heterocycles. The van der Waals surface area contributed by atoms with Crippen LogP contribution in [0.4, 0.5) is 11.4 Å². The maximum atomic E-state index is 12.5. The van der Waals surface area contributed by atoms with Crippen LogP contribution >= 0.6 is 23.2 Å². The van der Waals surface area contributed by atoms with Gasteiger partial charge in [-0.15, -0.1) is 0 Å². The summed E-state index contributed by atoms with van der Waals surface area (Å²) in [7, 11) is 1.54. The first-order chi connectivity index (χ1) is 11.7. The van der Waals surface area contributed by atoms with Crippen LogP contribution in [-0.4, -0.2) is 18.9 Å². The van der Waals surface area contributed by atoms with E-state index in [-0.39, 0.29) is 0 Å². The molecule has 0 spiro atoms. The maximum Gasteiger partial charge on any atom is 0.239 e. The second-order valence-corrected chi connectivity index (χ2v) is 6.73. The van der Waals surface area contributed by atoms with Gasteiger partial charge < -0.3 is 15.4 Å². The van der Waals surface area contributed by atoms with Gasteiger partial charge in [-0.25, -0.2) is 0 Å². The number of halogens is 2. The van der Waals surface area contributed by atoms with E-state index in [4.69, 9.17) is 27.9 Å². The fourth-order valence-electron chi connectivity index (χ4n) is 1.96. The van der Waals surface area contributed by atoms with Gasteiger partial charge in [0.2, 0.25) is 11.8 Å². The van der Waals surface area contributed by atoms with Gasteiger partial charge >= 0.3 is 0 Å². The minimum absolute atomic E-state index is 0.296. The molecule has 0 bridgehead atoms. The number of amides is 2. The minimum Gasteiger partial charge on any atom is -0.497 e. The average molecular weight is 381 g/mol. The number of methoxy groups -OCH3 is 1. The lowest BCUT2D eigenvalue weighted by molar-refractivity contribution is -0.135. The van der Waals surface area contributed by atoms with Crippen molar-refractivity contribution in [1.29, 1.82) is 0 Å². The van der Waals surface area contributed by atoms with E-state index in [1.54, 1.807) is 36.4 Å². The number of rotatable bonds is 5. The molecule has 0 fully saturated rings. The summed E-state index contributed by atoms with van der Waals surface area (Å²) in [5, 5.41) is 6.12. The molecule has 0 radical (unpaired) electrons. The Hall–Kier alpha value is -2.24. The first-order valence-corrected chi connectivity index (χ1v) is 8.21. The molecule has 7 heteroatoms. The Labute approximate surface area is 156 Å². The highest BCUT2D eigenvalue weighted by atomic mass is 35.5. The number of carbonyl (C=O) groups is 2. The maximum absolute atomic E-state index is 12.5. The number of hydrogen-bond acceptors (Lipinski definition) is 3. The van der Waals surface area contributed by atoms with E-state index >= 15 is 0 Å². The third-order valence-corrected chi connectivity index (χ3v) is 4.19. The average Bonchev–Trinajstić information content (AvgIpc) is 2.57. The Bertz CT molecular complexity index is 807. The highest BCUT2D eigenvalue weighted by Crippen LogP contribution is 2.28. The molecule has 0 aliphatic carbocycles. The predicted molar refractivity (Wildman–Crippen MR) is 100 cm³/mol. The van der Waals surface area contributed by atoms with E-state index < -0.39 is 17.2 Å². The van der Waals surface area contributed by atoms with Crippen molar-refractivity contribution in [1.82, 2.24) is 0 Å². The fourth-order valence-corrected chi connectivity index (χ4v) is 2.42. The Morgan fingerprint density at radius 3 is 2.32 bits per heavy atom. The van der Waals surface area contributed by atoms with Crippen molar-refractivity contribution >= 4 is 46.4 Å². The van der Waals surface area contributed by atoms with Crippen LogP contribution in [-0.2, 0) is 9.59 Å². The molecule has 2 N–H and O–H groups in total. The standard InChI is InChI=1S/C18H18Cl2N2O3/c1-18(2,16(23)21-12-5-4-6-13(10-12)25-3)17(24)22-15-8-7-11(19)9-14(15)20/h4-10H,1-3H3,(H,21,23)(H,22,24). The van der Waals surface area contributed by atoms with E-state index in [2.05, 4.69) is 10.6 Å². The van der Waals surface area contributed by atoms with Crippen LogP contribution < -0.4 is 15.4 Å². The molecular weight excluding hydrogens is 363 g/mol. The van der Waals surface area contributed by atoms with Crippen molar-refractivity contribution in [2.24, 2.45) is 5.41 Å². The van der Waals surface area contributed by atoms with Crippen LogP contribution in [0.1, 0.15) is 13.8 Å². The van der Waals surface area contributed by atoms with Crippen LogP contribution in [0.15, 0.2) is 42.5 Å². The Balaban J connectivity index is 2.12. The lowest BCUT2D eigenvalue weighted by Gasteiger charge is -2.23. The number of carbonyl (C=O) groups excluding carboxylic acids is 2. The minimum atomic E-state index is -1.33. The van der Waals surface area contributed by atoms with Crippen molar-refractivity contribution in [3.63, 3.8) is 0 Å². The third kappa shape index (κ3) is 4.65. The SMILES string of the molecule is COc1cccc(NC(=O)C(C)(C)C(=O)Nc2ccc(Cl)cc2Cl)c1. The Morgan fingerprint density at radius 1 is 1.00 bits per heavy atom. The van der Waals surface area contributed by atoms with Crippen molar-refractivity contribution in [3.8, 4) is 5.75 Å². The van der Waals surface area contributed by atoms with Gasteiger partial charge in [-0.05, 0) is 44.2 Å². The second kappa shape index (κ2) is 7.76. The zero-order chi connectivity index (χ0) is 18.6. The quantitative estimate of drug-likeness (QED) is 0.744. The summed E-state index contributed by atoms with van der Waals surface area (Å²) < 4.78 is 5.12. The van der Waals surface area contributed by atoms with Gasteiger partial charge in [-0.1, -0.05) is 29.3 Å². The first-order valence-electron chi connectivity index (χ1n) is 7.46. The number of nitrogens with one attached hydrogen (secondary N) is 2. The van der Waals surface area contributed by atoms with Crippen molar-refractivity contribution in [3.05, 3.63) is 52.5 Å². The summed E-state index contributed by atoms with van der Waals surface area (Å²) >= 11 is 11.9. The molecule has 0 heterocycles. The predicted octanol–water partition coefficient (Wildman–Crippen LogP) is 4.61. The van der Waals surface area contributed by atoms with E-state index in [9.17, 15) is 9.59 Å². The Kier molecular flexibility index (Phi) is 5.93. The van der Waals surface area contributed by atoms with E-state index in [1.165, 1.54) is 27.0 Å². The van der Waals surface area contributed by atoms with Gasteiger partial charge in [0.1, 0.15) is 11.2 Å². The van der Waals surface area contributed by atoms with Crippen LogP contribution in [0, 0.1) is 5.41 Å². The summed E-state index contributed by atoms with van der Waals surface area (Å²) in [4.78, 5) is 25.1. The summed E-state index contributed by atoms with van der Waals surface area (Å²) in [6.07, 6.45) is 0. The van der Waals surface area contributed by atoms with Crippen LogP contribution in [0.3, 0.4) is 0 Å². The van der Waals surface area contributed by atoms with Crippen molar-refractivity contribution in [2.75, 3.05) is 17.7 Å². The van der Waals surface area contributed by atoms with Gasteiger partial charge in [0, 0.05) is 16.8 Å². The van der Waals surface area contributed by atoms with E-state index in [0.717, 1.165) is 0 Å². The van der Waals surface area contributed by atoms with Gasteiger partial charge in [-0.2, -0.15) is 0 Å². The van der Waals surface area contributed by atoms with E-state index in [1.807, 2.05) is 0 Å². The molecule has 2 amide bonds. The normalized spacial score (nSPS) is 10.9. The molecule has 0 saturated heterocycles. The monoisotopic (exact) mass is 380 g/mol. The topological polar surface area (TPSA) is 67.4 Å². The number of ether oxygens (including phenoxy) is 1. The number of benzene rings is 2. The Morgan fingerprint density at radius 2 is 1.68 bits per heavy atom. The second-order valence-electron chi connectivity index (χ2n) is 5.89. The largest absolute Gasteiger partial charge is 0.497 e. The zero-order valence-corrected chi connectivity index (χ0v) is 15.5. The van der Waals surface area contributed by atoms with Crippen LogP contribution in [0.5, 0.6) is 5.75 Å². The van der Waals surface area contributed by atoms with E-state index in [0.29, 0.717) is 27.2 Å². The van der Waals surface area contributed by atoms with Gasteiger partial charge in [0.05, 0.1) is 17.8 Å². The highest BCUT2D eigenvalue weighted by molar-refractivity contribution is 6.36. The smallest absolute Gasteiger partial charge is 0.239 e. The molecule has 2 aromatic carbocycles. The summed E-state index contributed by atoms with van der Waals surface area (Å²) in [6, 6.07) is 11.6. The molecule has 0 atom stereocenters. The lowest BCUT2D eigenvalue weighted by Crippen LogP contribution is -2.41. The molecule has 0 aliphatic rings. The summed E-state index contributed by atoms with van der Waals surface area (Å²) in [5.74, 6) is -0.339. The van der Waals surface area contributed by atoms with Crippen molar-refractivity contribution in [2.45, 2.75) is 13.8 Å². The van der Waals surface area contributed by atoms with Crippen molar-refractivity contribution < 1.29 is 14.3 Å². The molecule has 132 valence electrons. The molecule has 5 nitrogen and oxygen atoms in total. The van der Waals surface area contributed by atoms with Crippen LogP contribution in [0.25, 0.3) is 0 Å².